The van der Waals surface area contributed by atoms with Gasteiger partial charge in [0.2, 0.25) is 5.91 Å². The van der Waals surface area contributed by atoms with E-state index in [9.17, 15) is 9.59 Å². The molecule has 1 spiro atoms. The molecule has 3 nitrogen and oxygen atoms in total. The first-order chi connectivity index (χ1) is 13.0. The van der Waals surface area contributed by atoms with Crippen LogP contribution >= 0.6 is 0 Å². The lowest BCUT2D eigenvalue weighted by atomic mass is 9.75. The normalized spacial score (nSPS) is 21.9. The Morgan fingerprint density at radius 3 is 2.07 bits per heavy atom. The number of Topliss-reactive ketones (excluding diaryl/α,β-unsaturated/α-hetero) is 1. The first-order valence-electron chi connectivity index (χ1n) is 9.97. The Bertz CT molecular complexity index is 871. The van der Waals surface area contributed by atoms with Gasteiger partial charge in [0.1, 0.15) is 11.5 Å². The second-order valence-electron chi connectivity index (χ2n) is 8.21. The van der Waals surface area contributed by atoms with Crippen LogP contribution in [-0.2, 0) is 9.59 Å². The molecule has 27 heavy (non-hydrogen) atoms. The number of carbonyl (C=O) groups is 2. The highest BCUT2D eigenvalue weighted by atomic mass is 16.2. The Morgan fingerprint density at radius 2 is 1.48 bits per heavy atom. The van der Waals surface area contributed by atoms with Crippen molar-refractivity contribution < 1.29 is 9.59 Å². The van der Waals surface area contributed by atoms with Crippen molar-refractivity contribution in [3.8, 4) is 0 Å². The van der Waals surface area contributed by atoms with Gasteiger partial charge in [0.15, 0.2) is 5.78 Å². The number of benzene rings is 2. The standard InChI is InChI=1S/C24H27NO2/c1-16-14-17(2)20(18(3)15-16)21-22(26)24(12-8-5-9-13-24)25(23(21)27)19-10-6-4-7-11-19/h4,6-7,10-11,14-15,21H,5,8-9,12-13H2,1-3H3. The fraction of sp³-hybridized carbons (Fsp3) is 0.417. The van der Waals surface area contributed by atoms with E-state index in [1.807, 2.05) is 49.1 Å². The molecule has 1 heterocycles. The number of anilines is 1. The molecule has 140 valence electrons. The summed E-state index contributed by atoms with van der Waals surface area (Å²) >= 11 is 0. The van der Waals surface area contributed by atoms with Crippen LogP contribution in [0, 0.1) is 20.8 Å². The molecule has 1 aliphatic carbocycles. The molecule has 2 fully saturated rings. The third-order valence-corrected chi connectivity index (χ3v) is 6.34. The summed E-state index contributed by atoms with van der Waals surface area (Å²) in [6.45, 7) is 6.10. The topological polar surface area (TPSA) is 37.4 Å². The zero-order valence-electron chi connectivity index (χ0n) is 16.4. The SMILES string of the molecule is Cc1cc(C)c(C2C(=O)N(c3ccccc3)C3(CCCCC3)C2=O)c(C)c1. The van der Waals surface area contributed by atoms with Crippen LogP contribution < -0.4 is 4.90 Å². The van der Waals surface area contributed by atoms with E-state index in [0.29, 0.717) is 0 Å². The second-order valence-corrected chi connectivity index (χ2v) is 8.21. The van der Waals surface area contributed by atoms with E-state index in [4.69, 9.17) is 0 Å². The number of ketones is 1. The van der Waals surface area contributed by atoms with E-state index in [0.717, 1.165) is 54.5 Å². The highest BCUT2D eigenvalue weighted by Crippen LogP contribution is 2.48. The highest BCUT2D eigenvalue weighted by molar-refractivity contribution is 6.25. The number of para-hydroxylation sites is 1. The van der Waals surface area contributed by atoms with Gasteiger partial charge >= 0.3 is 0 Å². The van der Waals surface area contributed by atoms with Crippen molar-refractivity contribution in [1.82, 2.24) is 0 Å². The minimum absolute atomic E-state index is 0.0526. The summed E-state index contributed by atoms with van der Waals surface area (Å²) in [4.78, 5) is 29.3. The van der Waals surface area contributed by atoms with Gasteiger partial charge in [0, 0.05) is 5.69 Å². The summed E-state index contributed by atoms with van der Waals surface area (Å²) in [6.07, 6.45) is 4.68. The zero-order valence-corrected chi connectivity index (χ0v) is 16.4. The maximum Gasteiger partial charge on any atom is 0.243 e. The highest BCUT2D eigenvalue weighted by Gasteiger charge is 2.59. The summed E-state index contributed by atoms with van der Waals surface area (Å²) in [5.74, 6) is -0.627. The molecule has 1 atom stereocenters. The monoisotopic (exact) mass is 361 g/mol. The van der Waals surface area contributed by atoms with Gasteiger partial charge in [-0.3, -0.25) is 14.5 Å². The first-order valence-corrected chi connectivity index (χ1v) is 9.97. The molecule has 0 radical (unpaired) electrons. The maximum atomic E-state index is 13.8. The third kappa shape index (κ3) is 2.72. The number of hydrogen-bond donors (Lipinski definition) is 0. The van der Waals surface area contributed by atoms with Crippen LogP contribution in [0.2, 0.25) is 0 Å². The molecule has 1 aliphatic heterocycles. The van der Waals surface area contributed by atoms with Crippen molar-refractivity contribution in [2.45, 2.75) is 64.3 Å². The minimum atomic E-state index is -0.677. The average molecular weight is 361 g/mol. The first kappa shape index (κ1) is 18.0. The lowest BCUT2D eigenvalue weighted by Crippen LogP contribution is -2.51. The van der Waals surface area contributed by atoms with E-state index in [1.165, 1.54) is 5.56 Å². The molecule has 1 saturated heterocycles. The fourth-order valence-electron chi connectivity index (χ4n) is 5.29. The van der Waals surface area contributed by atoms with Crippen LogP contribution in [0.4, 0.5) is 5.69 Å². The molecule has 0 aromatic heterocycles. The largest absolute Gasteiger partial charge is 0.298 e. The minimum Gasteiger partial charge on any atom is -0.298 e. The van der Waals surface area contributed by atoms with E-state index in [2.05, 4.69) is 19.1 Å². The average Bonchev–Trinajstić information content (AvgIpc) is 2.84. The molecule has 1 saturated carbocycles. The summed E-state index contributed by atoms with van der Waals surface area (Å²) < 4.78 is 0. The van der Waals surface area contributed by atoms with Gasteiger partial charge in [-0.05, 0) is 62.4 Å². The Morgan fingerprint density at radius 1 is 0.889 bits per heavy atom. The van der Waals surface area contributed by atoms with Gasteiger partial charge in [0.05, 0.1) is 0 Å². The van der Waals surface area contributed by atoms with Gasteiger partial charge in [-0.25, -0.2) is 0 Å². The van der Waals surface area contributed by atoms with Gasteiger partial charge in [-0.15, -0.1) is 0 Å². The van der Waals surface area contributed by atoms with Gasteiger partial charge in [-0.1, -0.05) is 55.2 Å². The molecule has 2 aromatic carbocycles. The molecule has 1 unspecified atom stereocenters. The van der Waals surface area contributed by atoms with Crippen molar-refractivity contribution in [1.29, 1.82) is 0 Å². The maximum absolute atomic E-state index is 13.8. The van der Waals surface area contributed by atoms with Gasteiger partial charge in [0.25, 0.3) is 0 Å². The van der Waals surface area contributed by atoms with Crippen LogP contribution in [0.25, 0.3) is 0 Å². The van der Waals surface area contributed by atoms with Crippen molar-refractivity contribution in [2.75, 3.05) is 4.90 Å². The molecule has 4 rings (SSSR count). The van der Waals surface area contributed by atoms with Crippen molar-refractivity contribution in [2.24, 2.45) is 0 Å². The summed E-state index contributed by atoms with van der Waals surface area (Å²) in [7, 11) is 0. The molecule has 2 aromatic rings. The molecular weight excluding hydrogens is 334 g/mol. The molecule has 0 N–H and O–H groups in total. The fourth-order valence-corrected chi connectivity index (χ4v) is 5.29. The van der Waals surface area contributed by atoms with E-state index in [1.54, 1.807) is 0 Å². The van der Waals surface area contributed by atoms with Gasteiger partial charge in [-0.2, -0.15) is 0 Å². The third-order valence-electron chi connectivity index (χ3n) is 6.34. The van der Waals surface area contributed by atoms with Crippen LogP contribution in [0.1, 0.15) is 60.3 Å². The zero-order chi connectivity index (χ0) is 19.2. The predicted molar refractivity (Wildman–Crippen MR) is 108 cm³/mol. The van der Waals surface area contributed by atoms with E-state index in [-0.39, 0.29) is 11.7 Å². The summed E-state index contributed by atoms with van der Waals surface area (Å²) in [5.41, 5.74) is 4.34. The number of rotatable bonds is 2. The lowest BCUT2D eigenvalue weighted by Gasteiger charge is -2.39. The Hall–Kier alpha value is -2.42. The van der Waals surface area contributed by atoms with Crippen molar-refractivity contribution >= 4 is 17.4 Å². The van der Waals surface area contributed by atoms with Crippen LogP contribution in [0.3, 0.4) is 0 Å². The summed E-state index contributed by atoms with van der Waals surface area (Å²) in [6, 6.07) is 13.9. The Kier molecular flexibility index (Phi) is 4.41. The van der Waals surface area contributed by atoms with Crippen molar-refractivity contribution in [3.05, 3.63) is 64.7 Å². The molecule has 2 aliphatic rings. The second kappa shape index (κ2) is 6.63. The van der Waals surface area contributed by atoms with E-state index < -0.39 is 11.5 Å². The molecule has 0 bridgehead atoms. The van der Waals surface area contributed by atoms with Gasteiger partial charge < -0.3 is 0 Å². The lowest BCUT2D eigenvalue weighted by molar-refractivity contribution is -0.125. The summed E-state index contributed by atoms with van der Waals surface area (Å²) in [5, 5.41) is 0. The van der Waals surface area contributed by atoms with Crippen LogP contribution in [0.5, 0.6) is 0 Å². The van der Waals surface area contributed by atoms with Crippen LogP contribution in [0.15, 0.2) is 42.5 Å². The Labute approximate surface area is 161 Å². The van der Waals surface area contributed by atoms with Crippen molar-refractivity contribution in [3.63, 3.8) is 0 Å². The number of carbonyl (C=O) groups excluding carboxylic acids is 2. The number of nitrogens with zero attached hydrogens (tertiary/aromatic N) is 1. The molecular formula is C24H27NO2. The van der Waals surface area contributed by atoms with E-state index >= 15 is 0 Å². The number of aryl methyl sites for hydroxylation is 3. The molecule has 3 heteroatoms. The quantitative estimate of drug-likeness (QED) is 0.705. The Balaban J connectivity index is 1.89. The predicted octanol–water partition coefficient (Wildman–Crippen LogP) is 5.01. The van der Waals surface area contributed by atoms with Crippen LogP contribution in [-0.4, -0.2) is 17.2 Å². The number of amides is 1. The smallest absolute Gasteiger partial charge is 0.243 e. The number of hydrogen-bond acceptors (Lipinski definition) is 2. The molecule has 1 amide bonds.